The summed E-state index contributed by atoms with van der Waals surface area (Å²) in [6, 6.07) is 4.51. The lowest BCUT2D eigenvalue weighted by Gasteiger charge is -2.20. The largest absolute Gasteiger partial charge is 0.324 e. The zero-order valence-electron chi connectivity index (χ0n) is 10.8. The van der Waals surface area contributed by atoms with Gasteiger partial charge >= 0.3 is 0 Å². The average molecular weight is 273 g/mol. The van der Waals surface area contributed by atoms with Gasteiger partial charge in [-0.1, -0.05) is 17.7 Å². The molecule has 0 saturated heterocycles. The Hall–Kier alpha value is -1.13. The Kier molecular flexibility index (Phi) is 5.11. The molecule has 0 saturated carbocycles. The number of hydrogen-bond donors (Lipinski definition) is 2. The lowest BCUT2D eigenvalue weighted by Crippen LogP contribution is -2.37. The van der Waals surface area contributed by atoms with E-state index in [0.717, 1.165) is 0 Å². The van der Waals surface area contributed by atoms with Crippen molar-refractivity contribution in [2.75, 3.05) is 11.9 Å². The molecule has 0 bridgehead atoms. The van der Waals surface area contributed by atoms with Gasteiger partial charge in [-0.2, -0.15) is 0 Å². The van der Waals surface area contributed by atoms with Crippen LogP contribution in [0.5, 0.6) is 0 Å². The number of benzene rings is 1. The number of amides is 1. The molecule has 0 unspecified atom stereocenters. The van der Waals surface area contributed by atoms with Crippen LogP contribution in [0.4, 0.5) is 10.1 Å². The smallest absolute Gasteiger partial charge is 0.225 e. The Morgan fingerprint density at radius 3 is 2.67 bits per heavy atom. The first kappa shape index (κ1) is 14.9. The van der Waals surface area contributed by atoms with Crippen LogP contribution in [-0.4, -0.2) is 18.0 Å². The number of anilines is 1. The van der Waals surface area contributed by atoms with Crippen molar-refractivity contribution in [1.82, 2.24) is 5.32 Å². The van der Waals surface area contributed by atoms with Gasteiger partial charge in [-0.15, -0.1) is 0 Å². The highest BCUT2D eigenvalue weighted by Gasteiger charge is 2.12. The molecule has 0 aliphatic rings. The first-order valence-corrected chi connectivity index (χ1v) is 6.16. The number of carbonyl (C=O) groups is 1. The van der Waals surface area contributed by atoms with Gasteiger partial charge in [0.1, 0.15) is 0 Å². The molecule has 1 amide bonds. The second-order valence-corrected chi connectivity index (χ2v) is 5.48. The fraction of sp³-hybridized carbons (Fsp3) is 0.462. The Morgan fingerprint density at radius 2 is 2.06 bits per heavy atom. The Morgan fingerprint density at radius 1 is 1.39 bits per heavy atom. The van der Waals surface area contributed by atoms with Gasteiger partial charge in [0, 0.05) is 18.5 Å². The van der Waals surface area contributed by atoms with Crippen LogP contribution in [0.3, 0.4) is 0 Å². The molecule has 0 aliphatic carbocycles. The molecule has 0 atom stereocenters. The summed E-state index contributed by atoms with van der Waals surface area (Å²) in [6.07, 6.45) is 0.281. The minimum Gasteiger partial charge on any atom is -0.324 e. The minimum absolute atomic E-state index is 0.000571. The van der Waals surface area contributed by atoms with Gasteiger partial charge in [0.05, 0.1) is 10.7 Å². The molecule has 0 radical (unpaired) electrons. The lowest BCUT2D eigenvalue weighted by molar-refractivity contribution is -0.116. The van der Waals surface area contributed by atoms with E-state index in [1.54, 1.807) is 6.07 Å². The monoisotopic (exact) mass is 272 g/mol. The van der Waals surface area contributed by atoms with Crippen LogP contribution in [0.25, 0.3) is 0 Å². The molecule has 1 aromatic rings. The Bertz CT molecular complexity index is 429. The summed E-state index contributed by atoms with van der Waals surface area (Å²) in [4.78, 5) is 11.6. The van der Waals surface area contributed by atoms with Crippen LogP contribution in [0.1, 0.15) is 27.2 Å². The number of hydrogen-bond acceptors (Lipinski definition) is 2. The SMILES string of the molecule is CC(C)(C)NCCC(=O)Nc1cccc(Cl)c1F. The van der Waals surface area contributed by atoms with Gasteiger partial charge in [0.2, 0.25) is 5.91 Å². The van der Waals surface area contributed by atoms with E-state index < -0.39 is 5.82 Å². The van der Waals surface area contributed by atoms with E-state index >= 15 is 0 Å². The van der Waals surface area contributed by atoms with Crippen molar-refractivity contribution in [2.45, 2.75) is 32.7 Å². The van der Waals surface area contributed by atoms with E-state index in [4.69, 9.17) is 11.6 Å². The van der Waals surface area contributed by atoms with Crippen LogP contribution in [-0.2, 0) is 4.79 Å². The summed E-state index contributed by atoms with van der Waals surface area (Å²) < 4.78 is 13.5. The van der Waals surface area contributed by atoms with E-state index in [1.807, 2.05) is 20.8 Å². The fourth-order valence-electron chi connectivity index (χ4n) is 1.36. The van der Waals surface area contributed by atoms with Gasteiger partial charge < -0.3 is 10.6 Å². The molecular formula is C13H18ClFN2O. The van der Waals surface area contributed by atoms with Gasteiger partial charge in [-0.25, -0.2) is 4.39 Å². The maximum absolute atomic E-state index is 13.5. The van der Waals surface area contributed by atoms with E-state index in [9.17, 15) is 9.18 Å². The molecule has 0 aromatic heterocycles. The fourth-order valence-corrected chi connectivity index (χ4v) is 1.54. The molecule has 0 fully saturated rings. The molecule has 2 N–H and O–H groups in total. The summed E-state index contributed by atoms with van der Waals surface area (Å²) in [5.41, 5.74) is 0.0740. The molecule has 18 heavy (non-hydrogen) atoms. The minimum atomic E-state index is -0.601. The second kappa shape index (κ2) is 6.16. The summed E-state index contributed by atoms with van der Waals surface area (Å²) in [5, 5.41) is 5.68. The Labute approximate surface area is 112 Å². The molecule has 3 nitrogen and oxygen atoms in total. The summed E-state index contributed by atoms with van der Waals surface area (Å²) in [5.74, 6) is -0.843. The van der Waals surface area contributed by atoms with Gasteiger partial charge in [0.25, 0.3) is 0 Å². The quantitative estimate of drug-likeness (QED) is 0.884. The van der Waals surface area contributed by atoms with E-state index in [2.05, 4.69) is 10.6 Å². The average Bonchev–Trinajstić information content (AvgIpc) is 2.23. The third-order valence-corrected chi connectivity index (χ3v) is 2.52. The van der Waals surface area contributed by atoms with Crippen LogP contribution in [0.2, 0.25) is 5.02 Å². The van der Waals surface area contributed by atoms with Crippen LogP contribution in [0, 0.1) is 5.82 Å². The highest BCUT2D eigenvalue weighted by atomic mass is 35.5. The normalized spacial score (nSPS) is 11.4. The highest BCUT2D eigenvalue weighted by molar-refractivity contribution is 6.31. The standard InChI is InChI=1S/C13H18ClFN2O/c1-13(2,3)16-8-7-11(18)17-10-6-4-5-9(14)12(10)15/h4-6,16H,7-8H2,1-3H3,(H,17,18). The van der Waals surface area contributed by atoms with Gasteiger partial charge in [-0.3, -0.25) is 4.79 Å². The predicted molar refractivity (Wildman–Crippen MR) is 72.4 cm³/mol. The predicted octanol–water partition coefficient (Wildman–Crippen LogP) is 3.20. The van der Waals surface area contributed by atoms with Gasteiger partial charge in [0.15, 0.2) is 5.82 Å². The number of carbonyl (C=O) groups excluding carboxylic acids is 1. The number of nitrogens with one attached hydrogen (secondary N) is 2. The van der Waals surface area contributed by atoms with Crippen molar-refractivity contribution in [3.05, 3.63) is 29.0 Å². The van der Waals surface area contributed by atoms with Crippen LogP contribution < -0.4 is 10.6 Å². The van der Waals surface area contributed by atoms with E-state index in [1.165, 1.54) is 12.1 Å². The maximum atomic E-state index is 13.5. The molecule has 100 valence electrons. The third kappa shape index (κ3) is 5.02. The first-order valence-electron chi connectivity index (χ1n) is 5.78. The van der Waals surface area contributed by atoms with Crippen molar-refractivity contribution >= 4 is 23.2 Å². The van der Waals surface area contributed by atoms with Crippen LogP contribution >= 0.6 is 11.6 Å². The van der Waals surface area contributed by atoms with Crippen molar-refractivity contribution in [3.63, 3.8) is 0 Å². The zero-order chi connectivity index (χ0) is 13.8. The van der Waals surface area contributed by atoms with Crippen LogP contribution in [0.15, 0.2) is 18.2 Å². The maximum Gasteiger partial charge on any atom is 0.225 e. The molecule has 0 spiro atoms. The van der Waals surface area contributed by atoms with Crippen molar-refractivity contribution < 1.29 is 9.18 Å². The Balaban J connectivity index is 2.48. The second-order valence-electron chi connectivity index (χ2n) is 5.08. The molecular weight excluding hydrogens is 255 g/mol. The molecule has 1 aromatic carbocycles. The van der Waals surface area contributed by atoms with Gasteiger partial charge in [-0.05, 0) is 32.9 Å². The number of halogens is 2. The lowest BCUT2D eigenvalue weighted by atomic mass is 10.1. The molecule has 0 heterocycles. The summed E-state index contributed by atoms with van der Waals surface area (Å²) in [7, 11) is 0. The zero-order valence-corrected chi connectivity index (χ0v) is 11.6. The van der Waals surface area contributed by atoms with Crippen molar-refractivity contribution in [3.8, 4) is 0 Å². The third-order valence-electron chi connectivity index (χ3n) is 2.23. The molecule has 0 aliphatic heterocycles. The molecule has 5 heteroatoms. The topological polar surface area (TPSA) is 41.1 Å². The van der Waals surface area contributed by atoms with Crippen molar-refractivity contribution in [1.29, 1.82) is 0 Å². The van der Waals surface area contributed by atoms with E-state index in [-0.39, 0.29) is 28.6 Å². The summed E-state index contributed by atoms with van der Waals surface area (Å²) in [6.45, 7) is 6.59. The molecule has 1 rings (SSSR count). The number of rotatable bonds is 4. The van der Waals surface area contributed by atoms with E-state index in [0.29, 0.717) is 6.54 Å². The summed E-state index contributed by atoms with van der Waals surface area (Å²) >= 11 is 5.62. The highest BCUT2D eigenvalue weighted by Crippen LogP contribution is 2.21. The first-order chi connectivity index (χ1) is 8.29. The van der Waals surface area contributed by atoms with Crippen molar-refractivity contribution in [2.24, 2.45) is 0 Å².